The molecule has 1 aliphatic heterocycles. The Kier molecular flexibility index (Phi) is 5.74. The van der Waals surface area contributed by atoms with Crippen LogP contribution in [-0.2, 0) is 9.59 Å². The molecule has 2 atom stereocenters. The zero-order valence-electron chi connectivity index (χ0n) is 15.2. The smallest absolute Gasteiger partial charge is 0.227 e. The molecule has 3 rings (SSSR count). The second-order valence-corrected chi connectivity index (χ2v) is 7.63. The molecule has 5 nitrogen and oxygen atoms in total. The van der Waals surface area contributed by atoms with E-state index in [1.54, 1.807) is 0 Å². The minimum atomic E-state index is 0.0480. The van der Waals surface area contributed by atoms with Gasteiger partial charge in [-0.25, -0.2) is 0 Å². The van der Waals surface area contributed by atoms with E-state index in [9.17, 15) is 9.59 Å². The third-order valence-electron chi connectivity index (χ3n) is 5.37. The highest BCUT2D eigenvalue weighted by atomic mass is 16.2. The third kappa shape index (κ3) is 5.05. The topological polar surface area (TPSA) is 70.2 Å². The molecule has 0 aromatic heterocycles. The van der Waals surface area contributed by atoms with Crippen LogP contribution in [0.5, 0.6) is 0 Å². The van der Waals surface area contributed by atoms with Crippen molar-refractivity contribution < 1.29 is 9.59 Å². The number of benzene rings is 1. The normalized spacial score (nSPS) is 21.4. The lowest BCUT2D eigenvalue weighted by Gasteiger charge is -2.28. The first-order valence-corrected chi connectivity index (χ1v) is 9.45. The quantitative estimate of drug-likeness (QED) is 0.742. The van der Waals surface area contributed by atoms with Crippen molar-refractivity contribution in [3.8, 4) is 0 Å². The van der Waals surface area contributed by atoms with Gasteiger partial charge < -0.3 is 16.0 Å². The summed E-state index contributed by atoms with van der Waals surface area (Å²) in [6, 6.07) is 5.69. The zero-order chi connectivity index (χ0) is 17.8. The average molecular weight is 343 g/mol. The van der Waals surface area contributed by atoms with E-state index in [-0.39, 0.29) is 17.7 Å². The maximum atomic E-state index is 12.5. The summed E-state index contributed by atoms with van der Waals surface area (Å²) in [5.41, 5.74) is 2.54. The molecule has 25 heavy (non-hydrogen) atoms. The molecule has 2 fully saturated rings. The van der Waals surface area contributed by atoms with Crippen LogP contribution in [0.15, 0.2) is 18.2 Å². The molecule has 1 aromatic rings. The molecule has 136 valence electrons. The van der Waals surface area contributed by atoms with Crippen molar-refractivity contribution in [2.45, 2.75) is 46.0 Å². The molecule has 3 N–H and O–H groups in total. The first-order chi connectivity index (χ1) is 12.0. The maximum Gasteiger partial charge on any atom is 0.227 e. The highest BCUT2D eigenvalue weighted by molar-refractivity contribution is 5.96. The lowest BCUT2D eigenvalue weighted by Crippen LogP contribution is -2.34. The van der Waals surface area contributed by atoms with Crippen LogP contribution in [0.4, 0.5) is 11.4 Å². The molecule has 0 spiro atoms. The Balaban J connectivity index is 1.56. The number of piperidine rings is 1. The van der Waals surface area contributed by atoms with Gasteiger partial charge >= 0.3 is 0 Å². The summed E-state index contributed by atoms with van der Waals surface area (Å²) >= 11 is 0. The Morgan fingerprint density at radius 2 is 2.04 bits per heavy atom. The van der Waals surface area contributed by atoms with Crippen molar-refractivity contribution >= 4 is 23.2 Å². The molecule has 0 bridgehead atoms. The van der Waals surface area contributed by atoms with Crippen molar-refractivity contribution in [3.05, 3.63) is 23.8 Å². The summed E-state index contributed by atoms with van der Waals surface area (Å²) in [7, 11) is 0. The molecule has 2 unspecified atom stereocenters. The van der Waals surface area contributed by atoms with Crippen molar-refractivity contribution in [2.75, 3.05) is 23.7 Å². The van der Waals surface area contributed by atoms with Crippen LogP contribution in [0.25, 0.3) is 0 Å². The van der Waals surface area contributed by atoms with Gasteiger partial charge in [-0.05, 0) is 75.2 Å². The summed E-state index contributed by atoms with van der Waals surface area (Å²) in [6.45, 7) is 6.23. The lowest BCUT2D eigenvalue weighted by atomic mass is 9.85. The van der Waals surface area contributed by atoms with Gasteiger partial charge in [0.15, 0.2) is 0 Å². The van der Waals surface area contributed by atoms with Crippen LogP contribution < -0.4 is 16.0 Å². The van der Waals surface area contributed by atoms with E-state index >= 15 is 0 Å². The summed E-state index contributed by atoms with van der Waals surface area (Å²) in [6.07, 6.45) is 4.89. The number of carbonyl (C=O) groups is 2. The first-order valence-electron chi connectivity index (χ1n) is 9.45. The van der Waals surface area contributed by atoms with E-state index in [2.05, 4.69) is 22.9 Å². The molecule has 1 saturated heterocycles. The molecule has 1 aliphatic carbocycles. The third-order valence-corrected chi connectivity index (χ3v) is 5.37. The second-order valence-electron chi connectivity index (χ2n) is 7.63. The van der Waals surface area contributed by atoms with Crippen molar-refractivity contribution in [3.63, 3.8) is 0 Å². The summed E-state index contributed by atoms with van der Waals surface area (Å²) in [4.78, 5) is 24.4. The first kappa shape index (κ1) is 17.9. The molecule has 1 heterocycles. The van der Waals surface area contributed by atoms with Gasteiger partial charge in [0.25, 0.3) is 0 Å². The van der Waals surface area contributed by atoms with Crippen molar-refractivity contribution in [1.82, 2.24) is 5.32 Å². The number of hydrogen-bond donors (Lipinski definition) is 3. The summed E-state index contributed by atoms with van der Waals surface area (Å²) < 4.78 is 0. The Hall–Kier alpha value is -1.88. The second kappa shape index (κ2) is 8.00. The van der Waals surface area contributed by atoms with E-state index in [4.69, 9.17) is 0 Å². The average Bonchev–Trinajstić information content (AvgIpc) is 3.43. The van der Waals surface area contributed by atoms with Gasteiger partial charge in [-0.1, -0.05) is 13.0 Å². The molecular weight excluding hydrogens is 314 g/mol. The lowest BCUT2D eigenvalue weighted by molar-refractivity contribution is -0.118. The van der Waals surface area contributed by atoms with Gasteiger partial charge in [-0.2, -0.15) is 0 Å². The predicted molar refractivity (Wildman–Crippen MR) is 101 cm³/mol. The van der Waals surface area contributed by atoms with Crippen LogP contribution >= 0.6 is 0 Å². The molecule has 0 radical (unpaired) electrons. The Labute approximate surface area is 150 Å². The Bertz CT molecular complexity index is 634. The minimum Gasteiger partial charge on any atom is -0.326 e. The standard InChI is InChI=1S/C20H29N3O2/c1-13-5-8-17(22-20(25)15-6-7-15)11-18(13)23-19(24)10-14(2)16-4-3-9-21-12-16/h5,8,11,14-16,21H,3-4,6-7,9-10,12H2,1-2H3,(H,22,25)(H,23,24). The fourth-order valence-corrected chi connectivity index (χ4v) is 3.45. The molecule has 1 aromatic carbocycles. The van der Waals surface area contributed by atoms with Crippen LogP contribution in [0, 0.1) is 24.7 Å². The Morgan fingerprint density at radius 1 is 1.24 bits per heavy atom. The van der Waals surface area contributed by atoms with Gasteiger partial charge in [0.1, 0.15) is 0 Å². The van der Waals surface area contributed by atoms with Gasteiger partial charge in [0.2, 0.25) is 11.8 Å². The van der Waals surface area contributed by atoms with Gasteiger partial charge in [-0.3, -0.25) is 9.59 Å². The summed E-state index contributed by atoms with van der Waals surface area (Å²) in [5, 5.41) is 9.38. The maximum absolute atomic E-state index is 12.5. The van der Waals surface area contributed by atoms with E-state index in [1.807, 2.05) is 25.1 Å². The molecule has 5 heteroatoms. The monoisotopic (exact) mass is 343 g/mol. The van der Waals surface area contributed by atoms with E-state index in [0.29, 0.717) is 18.3 Å². The van der Waals surface area contributed by atoms with E-state index in [0.717, 1.165) is 42.9 Å². The Morgan fingerprint density at radius 3 is 2.72 bits per heavy atom. The van der Waals surface area contributed by atoms with Crippen molar-refractivity contribution in [2.24, 2.45) is 17.8 Å². The fourth-order valence-electron chi connectivity index (χ4n) is 3.45. The number of hydrogen-bond acceptors (Lipinski definition) is 3. The van der Waals surface area contributed by atoms with Gasteiger partial charge in [0, 0.05) is 23.7 Å². The van der Waals surface area contributed by atoms with Gasteiger partial charge in [-0.15, -0.1) is 0 Å². The highest BCUT2D eigenvalue weighted by Gasteiger charge is 2.29. The van der Waals surface area contributed by atoms with Crippen LogP contribution in [0.2, 0.25) is 0 Å². The van der Waals surface area contributed by atoms with Gasteiger partial charge in [0.05, 0.1) is 0 Å². The zero-order valence-corrected chi connectivity index (χ0v) is 15.2. The fraction of sp³-hybridized carbons (Fsp3) is 0.600. The van der Waals surface area contributed by atoms with Crippen LogP contribution in [0.1, 0.15) is 44.6 Å². The number of nitrogens with one attached hydrogen (secondary N) is 3. The van der Waals surface area contributed by atoms with Crippen molar-refractivity contribution in [1.29, 1.82) is 0 Å². The number of amides is 2. The van der Waals surface area contributed by atoms with E-state index in [1.165, 1.54) is 12.8 Å². The molecule has 2 aliphatic rings. The SMILES string of the molecule is Cc1ccc(NC(=O)C2CC2)cc1NC(=O)CC(C)C1CCCNC1. The number of aryl methyl sites for hydroxylation is 1. The number of anilines is 2. The molecule has 1 saturated carbocycles. The number of rotatable bonds is 6. The predicted octanol–water partition coefficient (Wildman–Crippen LogP) is 3.31. The minimum absolute atomic E-state index is 0.0480. The van der Waals surface area contributed by atoms with Crippen LogP contribution in [0.3, 0.4) is 0 Å². The number of carbonyl (C=O) groups excluding carboxylic acids is 2. The van der Waals surface area contributed by atoms with E-state index < -0.39 is 0 Å². The summed E-state index contributed by atoms with van der Waals surface area (Å²) in [5.74, 6) is 1.24. The molecule has 2 amide bonds. The largest absolute Gasteiger partial charge is 0.326 e. The van der Waals surface area contributed by atoms with Crippen LogP contribution in [-0.4, -0.2) is 24.9 Å². The highest BCUT2D eigenvalue weighted by Crippen LogP contribution is 2.31. The molecular formula is C20H29N3O2.